The molecule has 31 heavy (non-hydrogen) atoms. The number of hydrogen-bond acceptors (Lipinski definition) is 4. The van der Waals surface area contributed by atoms with E-state index in [0.717, 1.165) is 87.4 Å². The van der Waals surface area contributed by atoms with Crippen LogP contribution in [0.25, 0.3) is 0 Å². The first-order valence-electron chi connectivity index (χ1n) is 12.6. The van der Waals surface area contributed by atoms with Crippen molar-refractivity contribution in [2.75, 3.05) is 13.1 Å². The minimum Gasteiger partial charge on any atom is -0.347 e. The SMILES string of the molecule is O=C(CNC(=O)C12CC3CC(CC(C3)C1)C2)N1CCC[C@@H]1c1nnc2n1CCCCC2. The highest BCUT2D eigenvalue weighted by molar-refractivity contribution is 5.88. The van der Waals surface area contributed by atoms with Gasteiger partial charge in [0.1, 0.15) is 5.82 Å². The van der Waals surface area contributed by atoms with Crippen LogP contribution in [0.15, 0.2) is 0 Å². The fraction of sp³-hybridized carbons (Fsp3) is 0.833. The van der Waals surface area contributed by atoms with Crippen LogP contribution in [-0.4, -0.2) is 44.6 Å². The summed E-state index contributed by atoms with van der Waals surface area (Å²) < 4.78 is 2.26. The molecule has 1 atom stereocenters. The predicted octanol–water partition coefficient (Wildman–Crippen LogP) is 3.00. The molecule has 0 radical (unpaired) electrons. The van der Waals surface area contributed by atoms with Crippen molar-refractivity contribution in [2.45, 2.75) is 89.6 Å². The van der Waals surface area contributed by atoms with Gasteiger partial charge in [-0.2, -0.15) is 0 Å². The Hall–Kier alpha value is -1.92. The summed E-state index contributed by atoms with van der Waals surface area (Å²) in [6, 6.07) is 0.00306. The highest BCUT2D eigenvalue weighted by Crippen LogP contribution is 2.60. The van der Waals surface area contributed by atoms with Gasteiger partial charge in [0.25, 0.3) is 0 Å². The van der Waals surface area contributed by atoms with Crippen LogP contribution < -0.4 is 5.32 Å². The molecule has 0 spiro atoms. The third-order valence-electron chi connectivity index (χ3n) is 8.93. The summed E-state index contributed by atoms with van der Waals surface area (Å²) in [5, 5.41) is 12.0. The number of nitrogens with zero attached hydrogens (tertiary/aromatic N) is 4. The van der Waals surface area contributed by atoms with Crippen LogP contribution in [0, 0.1) is 23.2 Å². The highest BCUT2D eigenvalue weighted by Gasteiger charge is 2.54. The molecule has 1 N–H and O–H groups in total. The van der Waals surface area contributed by atoms with Gasteiger partial charge >= 0.3 is 0 Å². The summed E-state index contributed by atoms with van der Waals surface area (Å²) >= 11 is 0. The summed E-state index contributed by atoms with van der Waals surface area (Å²) in [6.45, 7) is 1.83. The number of aryl methyl sites for hydroxylation is 1. The fourth-order valence-corrected chi connectivity index (χ4v) is 7.92. The Morgan fingerprint density at radius 3 is 2.42 bits per heavy atom. The summed E-state index contributed by atoms with van der Waals surface area (Å²) in [4.78, 5) is 28.4. The van der Waals surface area contributed by atoms with Crippen molar-refractivity contribution in [3.05, 3.63) is 11.6 Å². The minimum atomic E-state index is -0.191. The van der Waals surface area contributed by atoms with E-state index in [-0.39, 0.29) is 29.8 Å². The zero-order valence-corrected chi connectivity index (χ0v) is 18.5. The summed E-state index contributed by atoms with van der Waals surface area (Å²) in [7, 11) is 0. The highest BCUT2D eigenvalue weighted by atomic mass is 16.2. The van der Waals surface area contributed by atoms with Gasteiger partial charge < -0.3 is 14.8 Å². The average Bonchev–Trinajstić information content (AvgIpc) is 3.31. The molecule has 168 valence electrons. The zero-order chi connectivity index (χ0) is 21.0. The molecule has 2 aliphatic heterocycles. The molecule has 4 saturated carbocycles. The van der Waals surface area contributed by atoms with E-state index < -0.39 is 0 Å². The van der Waals surface area contributed by atoms with E-state index in [4.69, 9.17) is 0 Å². The maximum atomic E-state index is 13.2. The van der Waals surface area contributed by atoms with Crippen molar-refractivity contribution in [2.24, 2.45) is 23.2 Å². The third-order valence-corrected chi connectivity index (χ3v) is 8.93. The van der Waals surface area contributed by atoms with Gasteiger partial charge in [-0.15, -0.1) is 10.2 Å². The largest absolute Gasteiger partial charge is 0.347 e. The van der Waals surface area contributed by atoms with E-state index in [2.05, 4.69) is 20.1 Å². The summed E-state index contributed by atoms with van der Waals surface area (Å²) in [6.07, 6.45) is 13.5. The second-order valence-corrected chi connectivity index (χ2v) is 11.1. The number of rotatable bonds is 4. The maximum Gasteiger partial charge on any atom is 0.242 e. The third kappa shape index (κ3) is 3.39. The first kappa shape index (κ1) is 19.7. The molecule has 5 fully saturated rings. The molecule has 2 amide bonds. The molecule has 3 heterocycles. The lowest BCUT2D eigenvalue weighted by Crippen LogP contribution is -2.54. The molecular formula is C24H35N5O2. The second kappa shape index (κ2) is 7.59. The Kier molecular flexibility index (Phi) is 4.83. The minimum absolute atomic E-state index is 0.00306. The lowest BCUT2D eigenvalue weighted by molar-refractivity contribution is -0.148. The van der Waals surface area contributed by atoms with E-state index in [1.54, 1.807) is 0 Å². The van der Waals surface area contributed by atoms with Crippen LogP contribution in [0.5, 0.6) is 0 Å². The van der Waals surface area contributed by atoms with Crippen molar-refractivity contribution in [3.63, 3.8) is 0 Å². The Morgan fingerprint density at radius 1 is 0.935 bits per heavy atom. The lowest BCUT2D eigenvalue weighted by atomic mass is 9.49. The van der Waals surface area contributed by atoms with Crippen LogP contribution in [0.3, 0.4) is 0 Å². The van der Waals surface area contributed by atoms with E-state index >= 15 is 0 Å². The first-order chi connectivity index (χ1) is 15.1. The molecule has 7 heteroatoms. The molecule has 1 saturated heterocycles. The number of hydrogen-bond donors (Lipinski definition) is 1. The Balaban J connectivity index is 1.12. The van der Waals surface area contributed by atoms with Gasteiger partial charge in [-0.25, -0.2) is 0 Å². The van der Waals surface area contributed by atoms with Gasteiger partial charge in [0, 0.05) is 24.9 Å². The summed E-state index contributed by atoms with van der Waals surface area (Å²) in [5.41, 5.74) is -0.191. The standard InChI is InChI=1S/C24H35N5O2/c30-21(15-25-23(31)24-12-16-9-17(13-24)11-18(10-16)14-24)28-8-4-5-19(28)22-27-26-20-6-2-1-3-7-29(20)22/h16-19H,1-15H2,(H,25,31)/t16?,17?,18?,19-,24?/m1/s1. The van der Waals surface area contributed by atoms with E-state index in [1.807, 2.05) is 4.90 Å². The molecule has 6 aliphatic rings. The topological polar surface area (TPSA) is 80.1 Å². The molecule has 1 aromatic rings. The number of fused-ring (bicyclic) bond motifs is 1. The number of carbonyl (C=O) groups is 2. The number of likely N-dealkylation sites (tertiary alicyclic amines) is 1. The van der Waals surface area contributed by atoms with E-state index in [1.165, 1.54) is 32.1 Å². The molecule has 7 nitrogen and oxygen atoms in total. The first-order valence-corrected chi connectivity index (χ1v) is 12.6. The Morgan fingerprint density at radius 2 is 1.68 bits per heavy atom. The zero-order valence-electron chi connectivity index (χ0n) is 18.5. The quantitative estimate of drug-likeness (QED) is 0.804. The number of carbonyl (C=O) groups excluding carboxylic acids is 2. The van der Waals surface area contributed by atoms with Crippen LogP contribution in [0.2, 0.25) is 0 Å². The molecule has 1 aromatic heterocycles. The average molecular weight is 426 g/mol. The predicted molar refractivity (Wildman–Crippen MR) is 115 cm³/mol. The Labute approximate surface area is 184 Å². The molecule has 4 aliphatic carbocycles. The van der Waals surface area contributed by atoms with Crippen molar-refractivity contribution < 1.29 is 9.59 Å². The monoisotopic (exact) mass is 425 g/mol. The van der Waals surface area contributed by atoms with Crippen LogP contribution in [0.1, 0.15) is 88.3 Å². The van der Waals surface area contributed by atoms with Crippen LogP contribution in [0.4, 0.5) is 0 Å². The van der Waals surface area contributed by atoms with Gasteiger partial charge in [0.05, 0.1) is 12.6 Å². The van der Waals surface area contributed by atoms with Gasteiger partial charge in [-0.3, -0.25) is 9.59 Å². The smallest absolute Gasteiger partial charge is 0.242 e. The molecule has 0 aromatic carbocycles. The maximum absolute atomic E-state index is 13.2. The van der Waals surface area contributed by atoms with Gasteiger partial charge in [0.15, 0.2) is 5.82 Å². The lowest BCUT2D eigenvalue weighted by Gasteiger charge is -2.55. The molecule has 7 rings (SSSR count). The molecule has 0 unspecified atom stereocenters. The van der Waals surface area contributed by atoms with Gasteiger partial charge in [0.2, 0.25) is 11.8 Å². The van der Waals surface area contributed by atoms with Crippen molar-refractivity contribution in [1.29, 1.82) is 0 Å². The van der Waals surface area contributed by atoms with Crippen molar-refractivity contribution >= 4 is 11.8 Å². The van der Waals surface area contributed by atoms with Crippen LogP contribution >= 0.6 is 0 Å². The van der Waals surface area contributed by atoms with Gasteiger partial charge in [-0.05, 0) is 82.0 Å². The number of amides is 2. The fourth-order valence-electron chi connectivity index (χ4n) is 7.92. The number of nitrogens with one attached hydrogen (secondary N) is 1. The van der Waals surface area contributed by atoms with Crippen molar-refractivity contribution in [3.8, 4) is 0 Å². The second-order valence-electron chi connectivity index (χ2n) is 11.1. The van der Waals surface area contributed by atoms with Crippen molar-refractivity contribution in [1.82, 2.24) is 25.0 Å². The summed E-state index contributed by atoms with van der Waals surface area (Å²) in [5.74, 6) is 4.41. The van der Waals surface area contributed by atoms with Crippen LogP contribution in [-0.2, 0) is 22.6 Å². The van der Waals surface area contributed by atoms with E-state index in [9.17, 15) is 9.59 Å². The van der Waals surface area contributed by atoms with E-state index in [0.29, 0.717) is 0 Å². The number of aromatic nitrogens is 3. The molecule has 4 bridgehead atoms. The molecular weight excluding hydrogens is 390 g/mol. The van der Waals surface area contributed by atoms with Gasteiger partial charge in [-0.1, -0.05) is 6.42 Å². The normalized spacial score (nSPS) is 36.3. The Bertz CT molecular complexity index is 842.